The van der Waals surface area contributed by atoms with Crippen molar-refractivity contribution in [3.63, 3.8) is 0 Å². The Morgan fingerprint density at radius 2 is 1.47 bits per heavy atom. The van der Waals surface area contributed by atoms with Crippen LogP contribution in [-0.2, 0) is 35.1 Å². The lowest BCUT2D eigenvalue weighted by Crippen LogP contribution is -2.42. The number of H-pyrrole nitrogens is 1. The summed E-state index contributed by atoms with van der Waals surface area (Å²) < 4.78 is 9.95. The number of rotatable bonds is 9. The fourth-order valence-electron chi connectivity index (χ4n) is 5.28. The van der Waals surface area contributed by atoms with Crippen LogP contribution in [0.4, 0.5) is 5.69 Å². The van der Waals surface area contributed by atoms with Gasteiger partial charge in [-0.3, -0.25) is 9.59 Å². The summed E-state index contributed by atoms with van der Waals surface area (Å²) in [5.41, 5.74) is 4.43. The quantitative estimate of drug-likeness (QED) is 0.318. The van der Waals surface area contributed by atoms with E-state index in [1.165, 1.54) is 28.1 Å². The molecule has 2 heterocycles. The van der Waals surface area contributed by atoms with Gasteiger partial charge in [-0.05, 0) is 29.7 Å². The second-order valence-electron chi connectivity index (χ2n) is 9.37. The number of hydrogen-bond donors (Lipinski definition) is 4. The molecule has 0 fully saturated rings. The van der Waals surface area contributed by atoms with Crippen LogP contribution in [-0.4, -0.2) is 55.0 Å². The van der Waals surface area contributed by atoms with E-state index in [9.17, 15) is 19.2 Å². The molecule has 10 heteroatoms. The van der Waals surface area contributed by atoms with Gasteiger partial charge in [-0.1, -0.05) is 36.4 Å². The molecule has 2 amide bonds. The third-order valence-corrected chi connectivity index (χ3v) is 6.86. The number of hydrogen-bond acceptors (Lipinski definition) is 7. The van der Waals surface area contributed by atoms with Gasteiger partial charge in [-0.2, -0.15) is 0 Å². The number of methoxy groups -OCH3 is 2. The summed E-state index contributed by atoms with van der Waals surface area (Å²) in [6.45, 7) is 2.71. The Morgan fingerprint density at radius 1 is 0.868 bits per heavy atom. The van der Waals surface area contributed by atoms with E-state index in [1.54, 1.807) is 0 Å². The normalized spacial score (nSPS) is 17.6. The number of anilines is 1. The van der Waals surface area contributed by atoms with Gasteiger partial charge in [-0.15, -0.1) is 0 Å². The lowest BCUT2D eigenvalue weighted by Gasteiger charge is -2.26. The Bertz CT molecular complexity index is 1370. The summed E-state index contributed by atoms with van der Waals surface area (Å²) in [5.74, 6) is -1.99. The van der Waals surface area contributed by atoms with E-state index in [0.29, 0.717) is 0 Å². The topological polar surface area (TPSA) is 139 Å². The van der Waals surface area contributed by atoms with Gasteiger partial charge in [0.2, 0.25) is 11.8 Å². The molecule has 0 aliphatic carbocycles. The Balaban J connectivity index is 1.81. The van der Waals surface area contributed by atoms with Gasteiger partial charge in [0.1, 0.15) is 12.1 Å². The van der Waals surface area contributed by atoms with Crippen LogP contribution in [0, 0.1) is 0 Å². The highest BCUT2D eigenvalue weighted by molar-refractivity contribution is 5.88. The number of benzene rings is 2. The van der Waals surface area contributed by atoms with Crippen molar-refractivity contribution in [2.24, 2.45) is 0 Å². The van der Waals surface area contributed by atoms with Gasteiger partial charge in [0.05, 0.1) is 20.3 Å². The molecule has 2 aromatic carbocycles. The first kappa shape index (κ1) is 26.7. The summed E-state index contributed by atoms with van der Waals surface area (Å²) in [6, 6.07) is 13.5. The Hall–Kier alpha value is -4.34. The second kappa shape index (κ2) is 11.4. The van der Waals surface area contributed by atoms with Crippen molar-refractivity contribution in [2.75, 3.05) is 19.5 Å². The van der Waals surface area contributed by atoms with Crippen molar-refractivity contribution in [2.45, 2.75) is 50.7 Å². The van der Waals surface area contributed by atoms with E-state index in [1.807, 2.05) is 48.5 Å². The smallest absolute Gasteiger partial charge is 0.328 e. The van der Waals surface area contributed by atoms with E-state index >= 15 is 0 Å². The fraction of sp³-hybridized carbons (Fsp3) is 0.357. The van der Waals surface area contributed by atoms with Crippen LogP contribution in [0.5, 0.6) is 0 Å². The third-order valence-electron chi connectivity index (χ3n) is 6.86. The molecule has 38 heavy (non-hydrogen) atoms. The maximum Gasteiger partial charge on any atom is 0.328 e. The molecule has 0 radical (unpaired) electrons. The summed E-state index contributed by atoms with van der Waals surface area (Å²) in [6.07, 6.45) is 0.473. The van der Waals surface area contributed by atoms with E-state index in [2.05, 4.69) is 20.9 Å². The summed E-state index contributed by atoms with van der Waals surface area (Å²) >= 11 is 0. The van der Waals surface area contributed by atoms with Crippen LogP contribution in [0.1, 0.15) is 49.0 Å². The van der Waals surface area contributed by atoms with E-state index in [0.717, 1.165) is 33.4 Å². The minimum atomic E-state index is -0.889. The zero-order chi connectivity index (χ0) is 27.4. The number of esters is 2. The lowest BCUT2D eigenvalue weighted by atomic mass is 9.85. The summed E-state index contributed by atoms with van der Waals surface area (Å²) in [5, 5.41) is 9.90. The predicted octanol–water partition coefficient (Wildman–Crippen LogP) is 2.71. The van der Waals surface area contributed by atoms with Crippen molar-refractivity contribution in [3.8, 4) is 0 Å². The molecule has 0 saturated heterocycles. The number of carbonyl (C=O) groups is 4. The van der Waals surface area contributed by atoms with E-state index in [-0.39, 0.29) is 36.6 Å². The molecule has 0 bridgehead atoms. The van der Waals surface area contributed by atoms with Gasteiger partial charge in [-0.25, -0.2) is 9.59 Å². The molecule has 4 atom stereocenters. The summed E-state index contributed by atoms with van der Waals surface area (Å²) in [4.78, 5) is 52.5. The highest BCUT2D eigenvalue weighted by Gasteiger charge is 2.39. The molecule has 4 N–H and O–H groups in total. The maximum atomic E-state index is 12.6. The first-order valence-electron chi connectivity index (χ1n) is 12.4. The van der Waals surface area contributed by atoms with Gasteiger partial charge < -0.3 is 30.4 Å². The number of nitrogens with one attached hydrogen (secondary N) is 4. The highest BCUT2D eigenvalue weighted by atomic mass is 16.5. The second-order valence-corrected chi connectivity index (χ2v) is 9.37. The lowest BCUT2D eigenvalue weighted by molar-refractivity contribution is -0.145. The highest BCUT2D eigenvalue weighted by Crippen LogP contribution is 2.48. The number of carbonyl (C=O) groups excluding carboxylic acids is 4. The molecular formula is C28H32N4O6. The first-order chi connectivity index (χ1) is 18.2. The zero-order valence-corrected chi connectivity index (χ0v) is 21.8. The van der Waals surface area contributed by atoms with E-state index in [4.69, 9.17) is 9.47 Å². The standard InChI is InChI=1S/C28H32N4O6/c1-15(33)29-23(27(35)37-3)13-19-17-9-5-7-11-21(17)31-25(19)26-20(18-10-6-8-12-22(18)32-26)14-24(28(36)38-4)30-16(2)34/h5-12,19,23-25,31-32H,13-14H2,1-4H3,(H,29,33)(H,30,34)/t19-,23-,24-,25-/m0/s1. The van der Waals surface area contributed by atoms with Crippen LogP contribution in [0.25, 0.3) is 10.9 Å². The summed E-state index contributed by atoms with van der Waals surface area (Å²) in [7, 11) is 2.58. The molecule has 3 aromatic rings. The Kier molecular flexibility index (Phi) is 7.99. The molecule has 200 valence electrons. The van der Waals surface area contributed by atoms with Crippen molar-refractivity contribution in [1.82, 2.24) is 15.6 Å². The van der Waals surface area contributed by atoms with Crippen LogP contribution in [0.3, 0.4) is 0 Å². The molecule has 0 unspecified atom stereocenters. The minimum Gasteiger partial charge on any atom is -0.467 e. The third kappa shape index (κ3) is 5.49. The fourth-order valence-corrected chi connectivity index (χ4v) is 5.28. The average Bonchev–Trinajstić information content (AvgIpc) is 3.44. The first-order valence-corrected chi connectivity index (χ1v) is 12.4. The SMILES string of the molecule is COC(=O)[C@H](Cc1c([C@H]2Nc3ccccc3[C@@H]2C[C@H](NC(C)=O)C(=O)OC)[nH]c2ccccc12)NC(C)=O. The molecule has 1 aliphatic heterocycles. The molecule has 10 nitrogen and oxygen atoms in total. The number of ether oxygens (including phenoxy) is 2. The van der Waals surface area contributed by atoms with Crippen molar-refractivity contribution in [1.29, 1.82) is 0 Å². The Labute approximate surface area is 220 Å². The van der Waals surface area contributed by atoms with Gasteiger partial charge in [0.15, 0.2) is 0 Å². The average molecular weight is 521 g/mol. The monoisotopic (exact) mass is 520 g/mol. The molecule has 4 rings (SSSR count). The number of para-hydroxylation sites is 2. The van der Waals surface area contributed by atoms with Gasteiger partial charge >= 0.3 is 11.9 Å². The molecule has 1 aromatic heterocycles. The largest absolute Gasteiger partial charge is 0.467 e. The van der Waals surface area contributed by atoms with Gasteiger partial charge in [0, 0.05) is 48.5 Å². The van der Waals surface area contributed by atoms with Crippen molar-refractivity contribution < 1.29 is 28.7 Å². The van der Waals surface area contributed by atoms with Crippen molar-refractivity contribution in [3.05, 3.63) is 65.4 Å². The zero-order valence-electron chi connectivity index (χ0n) is 21.8. The van der Waals surface area contributed by atoms with Crippen molar-refractivity contribution >= 4 is 40.3 Å². The number of amides is 2. The number of aromatic nitrogens is 1. The minimum absolute atomic E-state index is 0.193. The molecule has 0 saturated carbocycles. The van der Waals surface area contributed by atoms with Gasteiger partial charge in [0.25, 0.3) is 0 Å². The maximum absolute atomic E-state index is 12.6. The predicted molar refractivity (Wildman–Crippen MR) is 141 cm³/mol. The number of aromatic amines is 1. The van der Waals surface area contributed by atoms with Crippen LogP contribution < -0.4 is 16.0 Å². The molecule has 0 spiro atoms. The van der Waals surface area contributed by atoms with Crippen LogP contribution >= 0.6 is 0 Å². The number of fused-ring (bicyclic) bond motifs is 2. The van der Waals surface area contributed by atoms with E-state index < -0.39 is 24.0 Å². The van der Waals surface area contributed by atoms with Crippen LogP contribution in [0.2, 0.25) is 0 Å². The Morgan fingerprint density at radius 3 is 2.16 bits per heavy atom. The molecule has 1 aliphatic rings. The molecular weight excluding hydrogens is 488 g/mol. The van der Waals surface area contributed by atoms with Crippen LogP contribution in [0.15, 0.2) is 48.5 Å².